The molecule has 1 unspecified atom stereocenters. The van der Waals surface area contributed by atoms with E-state index in [1.165, 1.54) is 0 Å². The van der Waals surface area contributed by atoms with Crippen molar-refractivity contribution in [3.8, 4) is 0 Å². The minimum absolute atomic E-state index is 0.0351. The fraction of sp³-hybridized carbons (Fsp3) is 0.696. The monoisotopic (exact) mass is 464 g/mol. The lowest BCUT2D eigenvalue weighted by Gasteiger charge is -2.35. The maximum atomic E-state index is 12.7. The summed E-state index contributed by atoms with van der Waals surface area (Å²) in [6, 6.07) is 3.56. The van der Waals surface area contributed by atoms with E-state index in [-0.39, 0.29) is 23.9 Å². The van der Waals surface area contributed by atoms with Crippen LogP contribution in [0.2, 0.25) is 0 Å². The Hall–Kier alpha value is -2.13. The minimum Gasteiger partial charge on any atom is -0.444 e. The summed E-state index contributed by atoms with van der Waals surface area (Å²) >= 11 is 1.57. The third kappa shape index (κ3) is 7.20. The van der Waals surface area contributed by atoms with E-state index in [1.807, 2.05) is 38.3 Å². The van der Waals surface area contributed by atoms with E-state index in [9.17, 15) is 14.4 Å². The average molecular weight is 465 g/mol. The first-order chi connectivity index (χ1) is 15.2. The van der Waals surface area contributed by atoms with Crippen LogP contribution in [-0.2, 0) is 20.7 Å². The summed E-state index contributed by atoms with van der Waals surface area (Å²) < 4.78 is 5.43. The number of hydrogen-bond acceptors (Lipinski definition) is 6. The SMILES string of the molecule is CC(C)(C)OC(=O)N1CCN(CCCNC(=O)C2CCCN2C(=O)Cc2cccs2)CC1. The smallest absolute Gasteiger partial charge is 0.410 e. The number of hydrogen-bond donors (Lipinski definition) is 1. The number of likely N-dealkylation sites (tertiary alicyclic amines) is 1. The number of carbonyl (C=O) groups excluding carboxylic acids is 3. The molecule has 0 aromatic carbocycles. The Labute approximate surface area is 194 Å². The summed E-state index contributed by atoms with van der Waals surface area (Å²) in [4.78, 5) is 44.3. The molecule has 1 aromatic rings. The second kappa shape index (κ2) is 11.1. The number of nitrogens with zero attached hydrogens (tertiary/aromatic N) is 3. The Morgan fingerprint density at radius 3 is 2.56 bits per heavy atom. The van der Waals surface area contributed by atoms with Crippen LogP contribution in [0, 0.1) is 0 Å². The van der Waals surface area contributed by atoms with Gasteiger partial charge in [-0.05, 0) is 58.0 Å². The van der Waals surface area contributed by atoms with Gasteiger partial charge < -0.3 is 19.9 Å². The normalized spacial score (nSPS) is 19.8. The van der Waals surface area contributed by atoms with Gasteiger partial charge in [-0.2, -0.15) is 0 Å². The van der Waals surface area contributed by atoms with Crippen LogP contribution >= 0.6 is 11.3 Å². The van der Waals surface area contributed by atoms with Gasteiger partial charge in [0.25, 0.3) is 0 Å². The van der Waals surface area contributed by atoms with Crippen molar-refractivity contribution in [3.63, 3.8) is 0 Å². The molecule has 178 valence electrons. The minimum atomic E-state index is -0.476. The highest BCUT2D eigenvalue weighted by molar-refractivity contribution is 7.10. The van der Waals surface area contributed by atoms with Crippen molar-refractivity contribution < 1.29 is 19.1 Å². The van der Waals surface area contributed by atoms with Crippen LogP contribution in [0.1, 0.15) is 44.9 Å². The van der Waals surface area contributed by atoms with Crippen molar-refractivity contribution in [2.45, 2.75) is 58.1 Å². The Bertz CT molecular complexity index is 769. The highest BCUT2D eigenvalue weighted by Crippen LogP contribution is 2.20. The summed E-state index contributed by atoms with van der Waals surface area (Å²) in [5.74, 6) is -0.00951. The lowest BCUT2D eigenvalue weighted by Crippen LogP contribution is -2.50. The summed E-state index contributed by atoms with van der Waals surface area (Å²) in [5, 5.41) is 4.99. The Morgan fingerprint density at radius 1 is 1.16 bits per heavy atom. The zero-order valence-electron chi connectivity index (χ0n) is 19.5. The molecule has 3 heterocycles. The first kappa shape index (κ1) is 24.5. The van der Waals surface area contributed by atoms with Crippen LogP contribution in [0.15, 0.2) is 17.5 Å². The third-order valence-electron chi connectivity index (χ3n) is 5.76. The van der Waals surface area contributed by atoms with Gasteiger partial charge in [-0.15, -0.1) is 11.3 Å². The molecule has 0 aliphatic carbocycles. The highest BCUT2D eigenvalue weighted by atomic mass is 32.1. The topological polar surface area (TPSA) is 82.2 Å². The van der Waals surface area contributed by atoms with Crippen molar-refractivity contribution in [1.82, 2.24) is 20.0 Å². The molecular weight excluding hydrogens is 428 g/mol. The van der Waals surface area contributed by atoms with Crippen molar-refractivity contribution in [3.05, 3.63) is 22.4 Å². The predicted molar refractivity (Wildman–Crippen MR) is 125 cm³/mol. The van der Waals surface area contributed by atoms with Crippen LogP contribution in [-0.4, -0.2) is 90.1 Å². The van der Waals surface area contributed by atoms with Gasteiger partial charge in [0.05, 0.1) is 6.42 Å². The van der Waals surface area contributed by atoms with Crippen molar-refractivity contribution >= 4 is 29.2 Å². The van der Waals surface area contributed by atoms with Crippen LogP contribution in [0.3, 0.4) is 0 Å². The molecule has 2 aliphatic heterocycles. The number of carbonyl (C=O) groups is 3. The number of ether oxygens (including phenoxy) is 1. The molecule has 0 spiro atoms. The van der Waals surface area contributed by atoms with Crippen LogP contribution in [0.25, 0.3) is 0 Å². The lowest BCUT2D eigenvalue weighted by atomic mass is 10.2. The summed E-state index contributed by atoms with van der Waals surface area (Å²) in [5.41, 5.74) is -0.476. The number of amides is 3. The molecule has 8 nitrogen and oxygen atoms in total. The molecule has 1 atom stereocenters. The van der Waals surface area contributed by atoms with Gasteiger partial charge in [0.1, 0.15) is 11.6 Å². The van der Waals surface area contributed by atoms with Gasteiger partial charge in [0, 0.05) is 44.1 Å². The van der Waals surface area contributed by atoms with Crippen molar-refractivity contribution in [2.75, 3.05) is 45.8 Å². The Morgan fingerprint density at radius 2 is 1.91 bits per heavy atom. The van der Waals surface area contributed by atoms with Gasteiger partial charge in [0.2, 0.25) is 11.8 Å². The van der Waals surface area contributed by atoms with Gasteiger partial charge in [-0.3, -0.25) is 14.5 Å². The second-order valence-corrected chi connectivity index (χ2v) is 10.5. The van der Waals surface area contributed by atoms with E-state index in [0.717, 1.165) is 43.8 Å². The molecule has 1 aromatic heterocycles. The maximum absolute atomic E-state index is 12.7. The third-order valence-corrected chi connectivity index (χ3v) is 6.63. The van der Waals surface area contributed by atoms with E-state index in [2.05, 4.69) is 10.2 Å². The average Bonchev–Trinajstić information content (AvgIpc) is 3.42. The molecule has 3 rings (SSSR count). The molecule has 0 radical (unpaired) electrons. The molecule has 0 saturated carbocycles. The first-order valence-corrected chi connectivity index (χ1v) is 12.4. The van der Waals surface area contributed by atoms with Crippen LogP contribution in [0.4, 0.5) is 4.79 Å². The summed E-state index contributed by atoms with van der Waals surface area (Å²) in [6.45, 7) is 10.7. The molecule has 2 saturated heterocycles. The van der Waals surface area contributed by atoms with Crippen molar-refractivity contribution in [1.29, 1.82) is 0 Å². The largest absolute Gasteiger partial charge is 0.444 e. The fourth-order valence-corrected chi connectivity index (χ4v) is 4.81. The standard InChI is InChI=1S/C23H36N4O4S/c1-23(2,3)31-22(30)26-14-12-25(13-15-26)10-6-9-24-21(29)19-8-4-11-27(19)20(28)17-18-7-5-16-32-18/h5,7,16,19H,4,6,8-15,17H2,1-3H3,(H,24,29). The molecule has 1 N–H and O–H groups in total. The molecule has 2 fully saturated rings. The van der Waals surface area contributed by atoms with E-state index in [0.29, 0.717) is 32.6 Å². The molecule has 2 aliphatic rings. The van der Waals surface area contributed by atoms with E-state index in [1.54, 1.807) is 21.1 Å². The lowest BCUT2D eigenvalue weighted by molar-refractivity contribution is -0.137. The fourth-order valence-electron chi connectivity index (χ4n) is 4.11. The molecule has 9 heteroatoms. The Kier molecular flexibility index (Phi) is 8.53. The van der Waals surface area contributed by atoms with Gasteiger partial charge in [-0.1, -0.05) is 6.07 Å². The summed E-state index contributed by atoms with van der Waals surface area (Å²) in [7, 11) is 0. The zero-order chi connectivity index (χ0) is 23.1. The molecule has 3 amide bonds. The first-order valence-electron chi connectivity index (χ1n) is 11.5. The zero-order valence-corrected chi connectivity index (χ0v) is 20.3. The van der Waals surface area contributed by atoms with Crippen molar-refractivity contribution in [2.24, 2.45) is 0 Å². The van der Waals surface area contributed by atoms with Gasteiger partial charge >= 0.3 is 6.09 Å². The second-order valence-electron chi connectivity index (χ2n) is 9.45. The van der Waals surface area contributed by atoms with E-state index in [4.69, 9.17) is 4.74 Å². The van der Waals surface area contributed by atoms with Gasteiger partial charge in [-0.25, -0.2) is 4.79 Å². The maximum Gasteiger partial charge on any atom is 0.410 e. The number of piperazine rings is 1. The van der Waals surface area contributed by atoms with E-state index >= 15 is 0 Å². The number of nitrogens with one attached hydrogen (secondary N) is 1. The van der Waals surface area contributed by atoms with Gasteiger partial charge in [0.15, 0.2) is 0 Å². The Balaban J connectivity index is 1.33. The highest BCUT2D eigenvalue weighted by Gasteiger charge is 2.33. The molecule has 0 bridgehead atoms. The molecule has 32 heavy (non-hydrogen) atoms. The summed E-state index contributed by atoms with van der Waals surface area (Å²) in [6.07, 6.45) is 2.56. The molecular formula is C23H36N4O4S. The quantitative estimate of drug-likeness (QED) is 0.627. The number of rotatable bonds is 7. The number of thiophene rings is 1. The van der Waals surface area contributed by atoms with Crippen LogP contribution in [0.5, 0.6) is 0 Å². The van der Waals surface area contributed by atoms with E-state index < -0.39 is 5.60 Å². The predicted octanol–water partition coefficient (Wildman–Crippen LogP) is 2.34. The van der Waals surface area contributed by atoms with Crippen LogP contribution < -0.4 is 5.32 Å².